The standard InChI is InChI=1S/C19H32N6/c1-6-15(2)8-7-9-16(3)18-14-22-19(24-12-10-21-11-13-24)25(17(18)4)23-20-5/h7-9,14-15,17,21H,6,10-13H2,1-5H3/b8-7-,16-9+,23-20?/t15-,17?/m1/s1. The predicted octanol–water partition coefficient (Wildman–Crippen LogP) is 3.38. The van der Waals surface area contributed by atoms with Gasteiger partial charge in [0.25, 0.3) is 0 Å². The van der Waals surface area contributed by atoms with Gasteiger partial charge < -0.3 is 10.2 Å². The molecule has 0 amide bonds. The van der Waals surface area contributed by atoms with Gasteiger partial charge in [-0.1, -0.05) is 43.7 Å². The third kappa shape index (κ3) is 5.01. The Labute approximate surface area is 152 Å². The number of guanidine groups is 1. The maximum Gasteiger partial charge on any atom is 0.224 e. The number of allylic oxidation sites excluding steroid dienone is 3. The lowest BCUT2D eigenvalue weighted by Gasteiger charge is -2.38. The number of rotatable bonds is 5. The summed E-state index contributed by atoms with van der Waals surface area (Å²) in [7, 11) is 1.71. The van der Waals surface area contributed by atoms with Gasteiger partial charge in [-0.2, -0.15) is 5.11 Å². The SMILES string of the molecule is CC[C@@H](C)/C=C\C=C(/C)C1=CN=C(N2CCNCC2)N(N=NC)C1C. The van der Waals surface area contributed by atoms with E-state index in [1.165, 1.54) is 11.1 Å². The summed E-state index contributed by atoms with van der Waals surface area (Å²) in [5.74, 6) is 1.50. The van der Waals surface area contributed by atoms with E-state index in [-0.39, 0.29) is 6.04 Å². The van der Waals surface area contributed by atoms with Crippen LogP contribution in [0.1, 0.15) is 34.1 Å². The Bertz CT molecular complexity index is 581. The lowest BCUT2D eigenvalue weighted by atomic mass is 9.99. The molecule has 1 fully saturated rings. The number of nitrogens with zero attached hydrogens (tertiary/aromatic N) is 5. The fourth-order valence-corrected chi connectivity index (χ4v) is 2.96. The lowest BCUT2D eigenvalue weighted by Crippen LogP contribution is -2.53. The highest BCUT2D eigenvalue weighted by Crippen LogP contribution is 2.25. The Balaban J connectivity index is 2.23. The van der Waals surface area contributed by atoms with E-state index in [4.69, 9.17) is 4.99 Å². The van der Waals surface area contributed by atoms with Crippen molar-refractivity contribution in [3.8, 4) is 0 Å². The molecule has 6 heteroatoms. The molecule has 2 aliphatic heterocycles. The number of piperazine rings is 1. The first-order valence-corrected chi connectivity index (χ1v) is 9.26. The summed E-state index contributed by atoms with van der Waals surface area (Å²) in [5, 5.41) is 13.7. The summed E-state index contributed by atoms with van der Waals surface area (Å²) >= 11 is 0. The summed E-state index contributed by atoms with van der Waals surface area (Å²) in [6.45, 7) is 12.6. The number of aliphatic imine (C=N–C) groups is 1. The predicted molar refractivity (Wildman–Crippen MR) is 104 cm³/mol. The molecule has 138 valence electrons. The molecule has 0 bridgehead atoms. The van der Waals surface area contributed by atoms with Gasteiger partial charge in [-0.15, -0.1) is 0 Å². The van der Waals surface area contributed by atoms with Crippen molar-refractivity contribution in [1.82, 2.24) is 15.2 Å². The van der Waals surface area contributed by atoms with Gasteiger partial charge in [-0.25, -0.2) is 10.0 Å². The maximum atomic E-state index is 4.73. The Kier molecular flexibility index (Phi) is 7.37. The van der Waals surface area contributed by atoms with Gasteiger partial charge in [0.15, 0.2) is 0 Å². The van der Waals surface area contributed by atoms with Crippen molar-refractivity contribution in [2.24, 2.45) is 21.2 Å². The average molecular weight is 345 g/mol. The minimum absolute atomic E-state index is 0.110. The first-order chi connectivity index (χ1) is 12.1. The van der Waals surface area contributed by atoms with Gasteiger partial charge in [-0.3, -0.25) is 0 Å². The fraction of sp³-hybridized carbons (Fsp3) is 0.632. The molecule has 2 rings (SSSR count). The molecule has 0 spiro atoms. The Morgan fingerprint density at radius 1 is 1.44 bits per heavy atom. The van der Waals surface area contributed by atoms with Gasteiger partial charge in [-0.05, 0) is 30.9 Å². The molecule has 6 nitrogen and oxygen atoms in total. The minimum Gasteiger partial charge on any atom is -0.338 e. The van der Waals surface area contributed by atoms with Gasteiger partial charge in [0, 0.05) is 32.4 Å². The molecule has 0 radical (unpaired) electrons. The first kappa shape index (κ1) is 19.4. The molecule has 0 aromatic heterocycles. The summed E-state index contributed by atoms with van der Waals surface area (Å²) in [6.07, 6.45) is 9.72. The second kappa shape index (κ2) is 9.51. The first-order valence-electron chi connectivity index (χ1n) is 9.26. The smallest absolute Gasteiger partial charge is 0.224 e. The lowest BCUT2D eigenvalue weighted by molar-refractivity contribution is 0.262. The highest BCUT2D eigenvalue weighted by Gasteiger charge is 2.30. The van der Waals surface area contributed by atoms with Crippen LogP contribution in [0.25, 0.3) is 0 Å². The molecule has 2 aliphatic rings. The van der Waals surface area contributed by atoms with Crippen LogP contribution in [0.4, 0.5) is 0 Å². The normalized spacial score (nSPS) is 24.0. The minimum atomic E-state index is 0.110. The monoisotopic (exact) mass is 344 g/mol. The topological polar surface area (TPSA) is 55.6 Å². The van der Waals surface area contributed by atoms with Crippen molar-refractivity contribution in [2.45, 2.75) is 40.2 Å². The van der Waals surface area contributed by atoms with E-state index >= 15 is 0 Å². The van der Waals surface area contributed by atoms with Crippen molar-refractivity contribution in [3.05, 3.63) is 35.6 Å². The summed E-state index contributed by atoms with van der Waals surface area (Å²) in [5.41, 5.74) is 2.39. The van der Waals surface area contributed by atoms with Crippen LogP contribution in [0.3, 0.4) is 0 Å². The molecule has 1 N–H and O–H groups in total. The quantitative estimate of drug-likeness (QED) is 0.614. The summed E-state index contributed by atoms with van der Waals surface area (Å²) < 4.78 is 0. The van der Waals surface area contributed by atoms with Crippen LogP contribution in [0, 0.1) is 5.92 Å². The second-order valence-electron chi connectivity index (χ2n) is 6.68. The Morgan fingerprint density at radius 2 is 2.16 bits per heavy atom. The molecule has 1 saturated heterocycles. The average Bonchev–Trinajstić information content (AvgIpc) is 2.63. The van der Waals surface area contributed by atoms with Crippen molar-refractivity contribution < 1.29 is 0 Å². The van der Waals surface area contributed by atoms with Crippen molar-refractivity contribution >= 4 is 5.96 Å². The van der Waals surface area contributed by atoms with E-state index in [0.29, 0.717) is 5.92 Å². The molecule has 0 saturated carbocycles. The molecule has 25 heavy (non-hydrogen) atoms. The fourth-order valence-electron chi connectivity index (χ4n) is 2.96. The van der Waals surface area contributed by atoms with Crippen LogP contribution < -0.4 is 5.32 Å². The largest absolute Gasteiger partial charge is 0.338 e. The number of hydrogen-bond acceptors (Lipinski definition) is 5. The van der Waals surface area contributed by atoms with Gasteiger partial charge in [0.05, 0.1) is 13.1 Å². The summed E-state index contributed by atoms with van der Waals surface area (Å²) in [4.78, 5) is 7.00. The zero-order chi connectivity index (χ0) is 18.2. The molecule has 0 aliphatic carbocycles. The highest BCUT2D eigenvalue weighted by atomic mass is 15.6. The van der Waals surface area contributed by atoms with Crippen molar-refractivity contribution in [2.75, 3.05) is 33.2 Å². The van der Waals surface area contributed by atoms with Crippen molar-refractivity contribution in [3.63, 3.8) is 0 Å². The third-order valence-corrected chi connectivity index (χ3v) is 4.81. The molecule has 0 aromatic rings. The summed E-state index contributed by atoms with van der Waals surface area (Å²) in [6, 6.07) is 0.110. The second-order valence-corrected chi connectivity index (χ2v) is 6.68. The van der Waals surface area contributed by atoms with Crippen LogP contribution in [-0.2, 0) is 0 Å². The van der Waals surface area contributed by atoms with Crippen LogP contribution in [0.5, 0.6) is 0 Å². The van der Waals surface area contributed by atoms with Crippen LogP contribution in [0.15, 0.2) is 50.9 Å². The van der Waals surface area contributed by atoms with E-state index in [1.807, 2.05) is 11.2 Å². The molecule has 1 unspecified atom stereocenters. The van der Waals surface area contributed by atoms with Gasteiger partial charge in [0.1, 0.15) is 0 Å². The molecular weight excluding hydrogens is 312 g/mol. The molecule has 2 atom stereocenters. The Morgan fingerprint density at radius 3 is 2.80 bits per heavy atom. The van der Waals surface area contributed by atoms with Crippen LogP contribution in [-0.4, -0.2) is 55.1 Å². The van der Waals surface area contributed by atoms with Gasteiger partial charge >= 0.3 is 0 Å². The zero-order valence-corrected chi connectivity index (χ0v) is 16.2. The molecule has 2 heterocycles. The zero-order valence-electron chi connectivity index (χ0n) is 16.2. The Hall–Kier alpha value is -1.95. The van der Waals surface area contributed by atoms with E-state index in [1.54, 1.807) is 7.05 Å². The maximum absolute atomic E-state index is 4.73. The highest BCUT2D eigenvalue weighted by molar-refractivity contribution is 5.82. The third-order valence-electron chi connectivity index (χ3n) is 4.81. The van der Waals surface area contributed by atoms with E-state index < -0.39 is 0 Å². The van der Waals surface area contributed by atoms with Crippen molar-refractivity contribution in [1.29, 1.82) is 0 Å². The van der Waals surface area contributed by atoms with Gasteiger partial charge in [0.2, 0.25) is 5.96 Å². The van der Waals surface area contributed by atoms with E-state index in [9.17, 15) is 0 Å². The van der Waals surface area contributed by atoms with E-state index in [0.717, 1.165) is 38.6 Å². The number of nitrogens with one attached hydrogen (secondary N) is 1. The number of hydrogen-bond donors (Lipinski definition) is 1. The van der Waals surface area contributed by atoms with E-state index in [2.05, 4.69) is 66.5 Å². The molecular formula is C19H32N6. The molecule has 0 aromatic carbocycles. The van der Waals surface area contributed by atoms with Crippen LogP contribution in [0.2, 0.25) is 0 Å². The van der Waals surface area contributed by atoms with Crippen LogP contribution >= 0.6 is 0 Å².